The van der Waals surface area contributed by atoms with Gasteiger partial charge >= 0.3 is 11.9 Å². The predicted molar refractivity (Wildman–Crippen MR) is 85.0 cm³/mol. The molecule has 0 aliphatic carbocycles. The Hall–Kier alpha value is -2.20. The number of thioether (sulfide) groups is 1. The minimum Gasteiger partial charge on any atom is -0.481 e. The van der Waals surface area contributed by atoms with E-state index in [1.54, 1.807) is 0 Å². The van der Waals surface area contributed by atoms with E-state index in [1.165, 1.54) is 0 Å². The topological polar surface area (TPSA) is 102 Å². The molecule has 0 aromatic heterocycles. The number of carboxylic acid groups (broad SMARTS) is 2. The molecule has 1 aromatic rings. The van der Waals surface area contributed by atoms with Gasteiger partial charge in [0.1, 0.15) is 5.25 Å². The highest BCUT2D eigenvalue weighted by Crippen LogP contribution is 2.18. The van der Waals surface area contributed by atoms with E-state index in [9.17, 15) is 9.59 Å². The lowest BCUT2D eigenvalue weighted by molar-refractivity contribution is -0.142. The summed E-state index contributed by atoms with van der Waals surface area (Å²) in [6, 6.07) is 11.6. The Morgan fingerprint density at radius 2 is 1.91 bits per heavy atom. The van der Waals surface area contributed by atoms with E-state index < -0.39 is 23.6 Å². The van der Waals surface area contributed by atoms with E-state index in [-0.39, 0.29) is 0 Å². The van der Waals surface area contributed by atoms with Crippen molar-refractivity contribution in [3.8, 4) is 6.07 Å². The lowest BCUT2D eigenvalue weighted by Crippen LogP contribution is -2.28. The summed E-state index contributed by atoms with van der Waals surface area (Å²) < 4.78 is 0. The third-order valence-electron chi connectivity index (χ3n) is 2.93. The Morgan fingerprint density at radius 1 is 1.23 bits per heavy atom. The summed E-state index contributed by atoms with van der Waals surface area (Å²) >= 11 is 1.11. The third-order valence-corrected chi connectivity index (χ3v) is 4.12. The number of aliphatic carboxylic acids is 2. The Balaban J connectivity index is 2.58. The summed E-state index contributed by atoms with van der Waals surface area (Å²) in [5.74, 6) is -1.76. The Bertz CT molecular complexity index is 530. The van der Waals surface area contributed by atoms with Gasteiger partial charge in [-0.05, 0) is 12.1 Å². The molecule has 118 valence electrons. The summed E-state index contributed by atoms with van der Waals surface area (Å²) in [5, 5.41) is 25.5. The highest BCUT2D eigenvalue weighted by atomic mass is 32.2. The van der Waals surface area contributed by atoms with Gasteiger partial charge in [0.25, 0.3) is 0 Å². The largest absolute Gasteiger partial charge is 0.481 e. The number of anilines is 1. The molecule has 0 aliphatic heterocycles. The fourth-order valence-electron chi connectivity index (χ4n) is 1.88. The number of benzene rings is 1. The number of hydrogen-bond donors (Lipinski definition) is 2. The van der Waals surface area contributed by atoms with E-state index in [1.807, 2.05) is 35.2 Å². The average molecular weight is 322 g/mol. The van der Waals surface area contributed by atoms with Crippen molar-refractivity contribution in [3.63, 3.8) is 0 Å². The normalized spacial score (nSPS) is 11.4. The number of nitrogens with zero attached hydrogens (tertiary/aromatic N) is 2. The molecule has 0 fully saturated rings. The molecular formula is C15H18N2O4S. The Kier molecular flexibility index (Phi) is 7.86. The second kappa shape index (κ2) is 9.68. The maximum atomic E-state index is 11.0. The van der Waals surface area contributed by atoms with E-state index in [0.29, 0.717) is 25.3 Å². The van der Waals surface area contributed by atoms with Gasteiger partial charge in [0.15, 0.2) is 0 Å². The SMILES string of the molecule is N#CCCN(CCSC(CC(=O)O)C(=O)O)c1ccccc1. The van der Waals surface area contributed by atoms with Crippen molar-refractivity contribution in [2.45, 2.75) is 18.1 Å². The molecule has 0 radical (unpaired) electrons. The van der Waals surface area contributed by atoms with Crippen LogP contribution in [-0.4, -0.2) is 46.2 Å². The van der Waals surface area contributed by atoms with Crippen LogP contribution >= 0.6 is 11.8 Å². The second-order valence-corrected chi connectivity index (χ2v) is 5.84. The van der Waals surface area contributed by atoms with Crippen molar-refractivity contribution in [1.82, 2.24) is 0 Å². The van der Waals surface area contributed by atoms with Gasteiger partial charge in [-0.2, -0.15) is 5.26 Å². The fraction of sp³-hybridized carbons (Fsp3) is 0.400. The summed E-state index contributed by atoms with van der Waals surface area (Å²) in [4.78, 5) is 23.7. The molecule has 0 saturated heterocycles. The van der Waals surface area contributed by atoms with Crippen molar-refractivity contribution in [3.05, 3.63) is 30.3 Å². The monoisotopic (exact) mass is 322 g/mol. The number of hydrogen-bond acceptors (Lipinski definition) is 5. The molecule has 0 spiro atoms. The number of nitriles is 1. The standard InChI is InChI=1S/C15H18N2O4S/c16-7-4-8-17(12-5-2-1-3-6-12)9-10-22-13(15(20)21)11-14(18)19/h1-3,5-6,13H,4,8-11H2,(H,18,19)(H,20,21). The van der Waals surface area contributed by atoms with Gasteiger partial charge in [-0.15, -0.1) is 11.8 Å². The number of rotatable bonds is 10. The molecule has 7 heteroatoms. The molecule has 0 saturated carbocycles. The van der Waals surface area contributed by atoms with Gasteiger partial charge < -0.3 is 15.1 Å². The number of carbonyl (C=O) groups is 2. The summed E-state index contributed by atoms with van der Waals surface area (Å²) in [5.41, 5.74) is 0.962. The first-order chi connectivity index (χ1) is 10.5. The first kappa shape index (κ1) is 17.9. The zero-order valence-corrected chi connectivity index (χ0v) is 12.8. The molecule has 1 rings (SSSR count). The van der Waals surface area contributed by atoms with Crippen LogP contribution < -0.4 is 4.90 Å². The minimum atomic E-state index is -1.12. The average Bonchev–Trinajstić information content (AvgIpc) is 2.49. The first-order valence-corrected chi connectivity index (χ1v) is 7.82. The highest BCUT2D eigenvalue weighted by Gasteiger charge is 2.21. The predicted octanol–water partition coefficient (Wildman–Crippen LogP) is 2.07. The van der Waals surface area contributed by atoms with Gasteiger partial charge in [0, 0.05) is 24.5 Å². The van der Waals surface area contributed by atoms with Gasteiger partial charge in [-0.1, -0.05) is 18.2 Å². The lowest BCUT2D eigenvalue weighted by Gasteiger charge is -2.24. The van der Waals surface area contributed by atoms with Crippen molar-refractivity contribution >= 4 is 29.4 Å². The van der Waals surface area contributed by atoms with Crippen LogP contribution in [0.3, 0.4) is 0 Å². The van der Waals surface area contributed by atoms with Crippen molar-refractivity contribution in [2.24, 2.45) is 0 Å². The third kappa shape index (κ3) is 6.50. The molecule has 0 aliphatic rings. The van der Waals surface area contributed by atoms with Crippen molar-refractivity contribution < 1.29 is 19.8 Å². The summed E-state index contributed by atoms with van der Waals surface area (Å²) in [6.45, 7) is 1.11. The van der Waals surface area contributed by atoms with Gasteiger partial charge in [-0.25, -0.2) is 0 Å². The fourth-order valence-corrected chi connectivity index (χ4v) is 2.89. The molecule has 22 heavy (non-hydrogen) atoms. The second-order valence-electron chi connectivity index (χ2n) is 4.53. The first-order valence-electron chi connectivity index (χ1n) is 6.77. The van der Waals surface area contributed by atoms with Crippen LogP contribution in [0.15, 0.2) is 30.3 Å². The van der Waals surface area contributed by atoms with E-state index >= 15 is 0 Å². The van der Waals surface area contributed by atoms with Crippen LogP contribution in [-0.2, 0) is 9.59 Å². The highest BCUT2D eigenvalue weighted by molar-refractivity contribution is 8.00. The van der Waals surface area contributed by atoms with E-state index in [4.69, 9.17) is 15.5 Å². The summed E-state index contributed by atoms with van der Waals surface area (Å²) in [7, 11) is 0. The smallest absolute Gasteiger partial charge is 0.317 e. The van der Waals surface area contributed by atoms with Crippen LogP contribution in [0.1, 0.15) is 12.8 Å². The Labute approximate surface area is 133 Å². The van der Waals surface area contributed by atoms with Gasteiger partial charge in [0.2, 0.25) is 0 Å². The zero-order chi connectivity index (χ0) is 16.4. The number of para-hydroxylation sites is 1. The van der Waals surface area contributed by atoms with E-state index in [0.717, 1.165) is 17.4 Å². The molecule has 0 bridgehead atoms. The maximum absolute atomic E-state index is 11.0. The summed E-state index contributed by atoms with van der Waals surface area (Å²) in [6.07, 6.45) is -0.0272. The van der Waals surface area contributed by atoms with Gasteiger partial charge in [-0.3, -0.25) is 9.59 Å². The van der Waals surface area contributed by atoms with Crippen LogP contribution in [0.4, 0.5) is 5.69 Å². The molecule has 1 unspecified atom stereocenters. The molecule has 0 heterocycles. The molecule has 1 aromatic carbocycles. The molecule has 0 amide bonds. The quantitative estimate of drug-likeness (QED) is 0.680. The molecule has 2 N–H and O–H groups in total. The van der Waals surface area contributed by atoms with E-state index in [2.05, 4.69) is 6.07 Å². The van der Waals surface area contributed by atoms with Crippen LogP contribution in [0, 0.1) is 11.3 Å². The maximum Gasteiger partial charge on any atom is 0.317 e. The molecular weight excluding hydrogens is 304 g/mol. The zero-order valence-electron chi connectivity index (χ0n) is 12.0. The van der Waals surface area contributed by atoms with Crippen LogP contribution in [0.2, 0.25) is 0 Å². The number of carboxylic acids is 2. The Morgan fingerprint density at radius 3 is 2.45 bits per heavy atom. The lowest BCUT2D eigenvalue weighted by atomic mass is 10.2. The van der Waals surface area contributed by atoms with Crippen LogP contribution in [0.5, 0.6) is 0 Å². The van der Waals surface area contributed by atoms with Crippen molar-refractivity contribution in [2.75, 3.05) is 23.7 Å². The minimum absolute atomic E-state index is 0.372. The van der Waals surface area contributed by atoms with Crippen molar-refractivity contribution in [1.29, 1.82) is 5.26 Å². The molecule has 1 atom stereocenters. The van der Waals surface area contributed by atoms with Crippen LogP contribution in [0.25, 0.3) is 0 Å². The van der Waals surface area contributed by atoms with Gasteiger partial charge in [0.05, 0.1) is 18.9 Å². The molecule has 6 nitrogen and oxygen atoms in total.